The van der Waals surface area contributed by atoms with Crippen LogP contribution in [0.2, 0.25) is 0 Å². The third-order valence-corrected chi connectivity index (χ3v) is 20.8. The first-order chi connectivity index (χ1) is 43.6. The third kappa shape index (κ3) is 11.4. The fraction of sp³-hybridized carbons (Fsp3) is 0.209. The highest BCUT2D eigenvalue weighted by molar-refractivity contribution is 9.10. The van der Waals surface area contributed by atoms with Crippen molar-refractivity contribution < 1.29 is 0 Å². The summed E-state index contributed by atoms with van der Waals surface area (Å²) in [6.07, 6.45) is 13.7. The summed E-state index contributed by atoms with van der Waals surface area (Å²) in [5, 5.41) is 8.64. The molecule has 16 rings (SSSR count). The van der Waals surface area contributed by atoms with Gasteiger partial charge in [-0.25, -0.2) is 0 Å². The van der Waals surface area contributed by atoms with E-state index >= 15 is 0 Å². The van der Waals surface area contributed by atoms with Gasteiger partial charge in [0.15, 0.2) is 0 Å². The molecular weight excluding hydrogens is 1140 g/mol. The van der Waals surface area contributed by atoms with Gasteiger partial charge in [0.1, 0.15) is 0 Å². The second-order valence-corrected chi connectivity index (χ2v) is 27.1. The average Bonchev–Trinajstić information content (AvgIpc) is 1.72. The van der Waals surface area contributed by atoms with Gasteiger partial charge in [-0.1, -0.05) is 301 Å². The normalized spacial score (nSPS) is 15.3. The van der Waals surface area contributed by atoms with Crippen molar-refractivity contribution in [3.05, 3.63) is 305 Å². The molecule has 12 aromatic rings. The molecule has 12 aromatic carbocycles. The maximum absolute atomic E-state index is 3.64. The zero-order valence-corrected chi connectivity index (χ0v) is 53.5. The maximum atomic E-state index is 3.64. The van der Waals surface area contributed by atoms with Crippen molar-refractivity contribution in [2.45, 2.75) is 115 Å². The van der Waals surface area contributed by atoms with Gasteiger partial charge in [-0.05, 0) is 169 Å². The molecule has 2 fully saturated rings. The minimum absolute atomic E-state index is 0.0301. The molecule has 4 aliphatic carbocycles. The van der Waals surface area contributed by atoms with Crippen LogP contribution in [0.3, 0.4) is 0 Å². The second kappa shape index (κ2) is 25.0. The summed E-state index contributed by atoms with van der Waals surface area (Å²) in [5.74, 6) is 1.50. The Morgan fingerprint density at radius 1 is 0.348 bits per heavy atom. The minimum Gasteiger partial charge on any atom is -0.355 e. The predicted molar refractivity (Wildman–Crippen MR) is 384 cm³/mol. The van der Waals surface area contributed by atoms with Crippen molar-refractivity contribution in [3.8, 4) is 44.5 Å². The topological polar surface area (TPSA) is 15.3 Å². The van der Waals surface area contributed by atoms with Gasteiger partial charge in [0.2, 0.25) is 0 Å². The van der Waals surface area contributed by atoms with Gasteiger partial charge in [0.25, 0.3) is 0 Å². The van der Waals surface area contributed by atoms with E-state index in [1.807, 2.05) is 0 Å². The highest BCUT2D eigenvalue weighted by Crippen LogP contribution is 2.53. The summed E-state index contributed by atoms with van der Waals surface area (Å²) >= 11 is 3.63. The van der Waals surface area contributed by atoms with Crippen molar-refractivity contribution in [1.29, 1.82) is 0 Å². The Kier molecular flexibility index (Phi) is 16.3. The Labute approximate surface area is 536 Å². The van der Waals surface area contributed by atoms with Gasteiger partial charge in [-0.3, -0.25) is 0 Å². The number of nitrogens with one attached hydrogen (secondary N) is 1. The number of anilines is 5. The third-order valence-electron chi connectivity index (χ3n) is 20.1. The van der Waals surface area contributed by atoms with Crippen molar-refractivity contribution in [2.75, 3.05) is 10.2 Å². The molecule has 0 saturated heterocycles. The summed E-state index contributed by atoms with van der Waals surface area (Å²) in [6, 6.07) is 97.9. The van der Waals surface area contributed by atoms with Crippen LogP contribution in [0.15, 0.2) is 271 Å². The van der Waals surface area contributed by atoms with Crippen LogP contribution < -0.4 is 10.2 Å². The van der Waals surface area contributed by atoms with E-state index in [-0.39, 0.29) is 10.8 Å². The molecule has 0 spiro atoms. The van der Waals surface area contributed by atoms with Gasteiger partial charge in [-0.2, -0.15) is 0 Å². The summed E-state index contributed by atoms with van der Waals surface area (Å²) in [6.45, 7) is 9.37. The van der Waals surface area contributed by atoms with E-state index in [0.717, 1.165) is 17.3 Å². The van der Waals surface area contributed by atoms with Gasteiger partial charge in [0.05, 0.1) is 11.4 Å². The Bertz CT molecular complexity index is 4490. The maximum Gasteiger partial charge on any atom is 0.0540 e. The van der Waals surface area contributed by atoms with Crippen molar-refractivity contribution in [3.63, 3.8) is 0 Å². The second-order valence-electron chi connectivity index (χ2n) is 26.2. The lowest BCUT2D eigenvalue weighted by atomic mass is 9.82. The molecule has 2 nitrogen and oxygen atoms in total. The summed E-state index contributed by atoms with van der Waals surface area (Å²) < 4.78 is 1.17. The quantitative estimate of drug-likeness (QED) is 0.155. The Balaban J connectivity index is 0.000000130. The number of rotatable bonds is 9. The monoisotopic (exact) mass is 1220 g/mol. The lowest BCUT2D eigenvalue weighted by molar-refractivity contribution is 0.443. The number of hydrogen-bond acceptors (Lipinski definition) is 2. The fourth-order valence-electron chi connectivity index (χ4n) is 15.3. The molecule has 1 N–H and O–H groups in total. The van der Waals surface area contributed by atoms with E-state index in [1.54, 1.807) is 0 Å². The van der Waals surface area contributed by atoms with Gasteiger partial charge < -0.3 is 10.2 Å². The van der Waals surface area contributed by atoms with Crippen molar-refractivity contribution in [1.82, 2.24) is 0 Å². The standard InChI is InChI=1S/C43H39N.C25H21N.C18H19Br/c1-43(2)39-20-10-8-19-37(39)38-28-27-34(29-40(38)43)44(42-22-12-16-32-15-6-7-17-35(32)42)41-21-11-9-18-36(41)33-25-23-31(24-26-33)30-13-4-3-5-14-30;1-25(2)22-12-6-5-11-20(22)21-15-14-18(16-23(21)25)26-24-13-7-9-17-8-3-4-10-19(17)24;19-18-9-5-4-8-17(18)16-12-10-15(11-13-16)14-6-2-1-3-7-14/h6-12,15-30H,3-5,13-14H2,1-2H3;3-16,26H,1-2H3;4-5,8-14H,1-3,6-7H2. The zero-order valence-electron chi connectivity index (χ0n) is 52.0. The van der Waals surface area contributed by atoms with Gasteiger partial charge in [-0.15, -0.1) is 0 Å². The summed E-state index contributed by atoms with van der Waals surface area (Å²) in [5.41, 5.74) is 25.0. The molecule has 0 radical (unpaired) electrons. The first-order valence-electron chi connectivity index (χ1n) is 32.6. The van der Waals surface area contributed by atoms with Crippen molar-refractivity contribution in [2.24, 2.45) is 0 Å². The van der Waals surface area contributed by atoms with Crippen LogP contribution >= 0.6 is 15.9 Å². The van der Waals surface area contributed by atoms with Crippen LogP contribution in [-0.2, 0) is 10.8 Å². The van der Waals surface area contributed by atoms with Crippen LogP contribution in [0.5, 0.6) is 0 Å². The van der Waals surface area contributed by atoms with Crippen LogP contribution in [0.25, 0.3) is 66.1 Å². The van der Waals surface area contributed by atoms with Gasteiger partial charge in [0, 0.05) is 48.7 Å². The van der Waals surface area contributed by atoms with E-state index in [1.165, 1.54) is 185 Å². The fourth-order valence-corrected chi connectivity index (χ4v) is 15.8. The Morgan fingerprint density at radius 3 is 1.39 bits per heavy atom. The van der Waals surface area contributed by atoms with Crippen LogP contribution in [0, 0.1) is 0 Å². The Morgan fingerprint density at radius 2 is 0.787 bits per heavy atom. The molecule has 0 atom stereocenters. The number of benzene rings is 12. The SMILES string of the molecule is Brc1ccccc1-c1ccc(C2CCCCC2)cc1.CC1(C)c2ccccc2-c2ccc(N(c3ccccc3-c3ccc(C4CCCCC4)cc3)c3cccc4ccccc34)cc21.CC1(C)c2ccccc2-c2ccc(Nc3cccc4ccccc34)cc21. The number of para-hydroxylation sites is 1. The number of fused-ring (bicyclic) bond motifs is 8. The molecule has 0 amide bonds. The predicted octanol–water partition coefficient (Wildman–Crippen LogP) is 25.4. The molecule has 2 saturated carbocycles. The van der Waals surface area contributed by atoms with E-state index in [2.05, 4.69) is 321 Å². The lowest BCUT2D eigenvalue weighted by Gasteiger charge is -2.30. The number of halogens is 1. The molecule has 0 unspecified atom stereocenters. The number of nitrogens with zero attached hydrogens (tertiary/aromatic N) is 1. The molecule has 0 aromatic heterocycles. The molecule has 0 aliphatic heterocycles. The van der Waals surface area contributed by atoms with E-state index < -0.39 is 0 Å². The zero-order chi connectivity index (χ0) is 60.5. The molecular formula is C86H79BrN2. The smallest absolute Gasteiger partial charge is 0.0540 e. The average molecular weight is 1220 g/mol. The highest BCUT2D eigenvalue weighted by atomic mass is 79.9. The largest absolute Gasteiger partial charge is 0.355 e. The molecule has 0 bridgehead atoms. The van der Waals surface area contributed by atoms with Crippen LogP contribution in [0.1, 0.15) is 137 Å². The first-order valence-corrected chi connectivity index (χ1v) is 33.4. The molecule has 4 aliphatic rings. The molecule has 89 heavy (non-hydrogen) atoms. The summed E-state index contributed by atoms with van der Waals surface area (Å²) in [4.78, 5) is 2.49. The minimum atomic E-state index is -0.0686. The molecule has 0 heterocycles. The highest BCUT2D eigenvalue weighted by Gasteiger charge is 2.37. The Hall–Kier alpha value is -8.76. The van der Waals surface area contributed by atoms with E-state index in [0.29, 0.717) is 5.92 Å². The number of hydrogen-bond donors (Lipinski definition) is 1. The molecule has 3 heteroatoms. The van der Waals surface area contributed by atoms with E-state index in [9.17, 15) is 0 Å². The summed E-state index contributed by atoms with van der Waals surface area (Å²) in [7, 11) is 0. The first kappa shape index (κ1) is 58.0. The van der Waals surface area contributed by atoms with E-state index in [4.69, 9.17) is 0 Å². The van der Waals surface area contributed by atoms with Crippen molar-refractivity contribution >= 4 is 65.9 Å². The lowest BCUT2D eigenvalue weighted by Crippen LogP contribution is -2.17. The molecule has 440 valence electrons. The van der Waals surface area contributed by atoms with Crippen LogP contribution in [0.4, 0.5) is 28.4 Å². The van der Waals surface area contributed by atoms with Gasteiger partial charge >= 0.3 is 0 Å². The van der Waals surface area contributed by atoms with Crippen LogP contribution in [-0.4, -0.2) is 0 Å².